The minimum atomic E-state index is -0.269. The van der Waals surface area contributed by atoms with Gasteiger partial charge in [-0.2, -0.15) is 0 Å². The fraction of sp³-hybridized carbons (Fsp3) is 0.442. The number of fused-ring (bicyclic) bond motifs is 4. The van der Waals surface area contributed by atoms with Crippen molar-refractivity contribution in [2.75, 3.05) is 6.67 Å². The van der Waals surface area contributed by atoms with Crippen LogP contribution in [0.15, 0.2) is 66.6 Å². The van der Waals surface area contributed by atoms with Crippen LogP contribution in [0.4, 0.5) is 4.39 Å². The summed E-state index contributed by atoms with van der Waals surface area (Å²) in [6.45, 7) is 14.5. The molecular weight excluding hydrogens is 806 g/mol. The summed E-state index contributed by atoms with van der Waals surface area (Å²) in [5, 5.41) is 14.7. The molecule has 0 amide bonds. The van der Waals surface area contributed by atoms with E-state index in [1.165, 1.54) is 48.3 Å². The minimum Gasteiger partial charge on any atom is -0.512 e. The van der Waals surface area contributed by atoms with Gasteiger partial charge >= 0.3 is 0 Å². The molecule has 0 aliphatic rings. The van der Waals surface area contributed by atoms with Gasteiger partial charge in [0.15, 0.2) is 5.78 Å². The van der Waals surface area contributed by atoms with Crippen LogP contribution in [-0.2, 0) is 31.3 Å². The van der Waals surface area contributed by atoms with Crippen molar-refractivity contribution in [1.29, 1.82) is 0 Å². The second kappa shape index (κ2) is 19.5. The summed E-state index contributed by atoms with van der Waals surface area (Å²) >= 11 is 1.81. The quantitative estimate of drug-likeness (QED) is 0.0687. The number of hydrogen-bond donors (Lipinski definition) is 1. The number of thiophene rings is 1. The third kappa shape index (κ3) is 9.25. The molecule has 0 fully saturated rings. The van der Waals surface area contributed by atoms with Crippen molar-refractivity contribution < 1.29 is 34.4 Å². The average Bonchev–Trinajstić information content (AvgIpc) is 3.49. The Morgan fingerprint density at radius 1 is 0.878 bits per heavy atom. The number of nitrogens with zero attached hydrogens (tertiary/aromatic N) is 1. The fourth-order valence-corrected chi connectivity index (χ4v) is 8.22. The Hall–Kier alpha value is -2.92. The first-order valence-electron chi connectivity index (χ1n) is 18.0. The maximum absolute atomic E-state index is 12.8. The van der Waals surface area contributed by atoms with Crippen LogP contribution in [0.5, 0.6) is 0 Å². The predicted molar refractivity (Wildman–Crippen MR) is 205 cm³/mol. The van der Waals surface area contributed by atoms with E-state index in [4.69, 9.17) is 4.98 Å². The topological polar surface area (TPSA) is 50.2 Å². The van der Waals surface area contributed by atoms with Gasteiger partial charge in [0.25, 0.3) is 0 Å². The monoisotopic (exact) mass is 859 g/mol. The molecule has 265 valence electrons. The largest absolute Gasteiger partial charge is 0.512 e. The van der Waals surface area contributed by atoms with Crippen molar-refractivity contribution in [3.8, 4) is 11.3 Å². The predicted octanol–water partition coefficient (Wildman–Crippen LogP) is 13.1. The van der Waals surface area contributed by atoms with Crippen molar-refractivity contribution in [3.05, 3.63) is 89.3 Å². The summed E-state index contributed by atoms with van der Waals surface area (Å²) in [6.07, 6.45) is 10.4. The molecule has 0 saturated carbocycles. The Morgan fingerprint density at radius 3 is 2.16 bits per heavy atom. The number of allylic oxidation sites excluding steroid dienone is 2. The van der Waals surface area contributed by atoms with Gasteiger partial charge in [-0.1, -0.05) is 95.7 Å². The number of aliphatic hydroxyl groups is 1. The Morgan fingerprint density at radius 2 is 1.53 bits per heavy atom. The Labute approximate surface area is 310 Å². The molecule has 5 rings (SSSR count). The van der Waals surface area contributed by atoms with E-state index in [2.05, 4.69) is 75.4 Å². The molecule has 3 aromatic carbocycles. The van der Waals surface area contributed by atoms with Crippen molar-refractivity contribution in [3.63, 3.8) is 0 Å². The average molecular weight is 859 g/mol. The molecule has 2 aromatic heterocycles. The zero-order valence-electron chi connectivity index (χ0n) is 30.3. The van der Waals surface area contributed by atoms with Crippen LogP contribution >= 0.6 is 11.3 Å². The second-order valence-electron chi connectivity index (χ2n) is 12.9. The molecule has 0 aliphatic heterocycles. The van der Waals surface area contributed by atoms with Crippen LogP contribution in [0.2, 0.25) is 0 Å². The summed E-state index contributed by atoms with van der Waals surface area (Å²) in [4.78, 5) is 16.6. The van der Waals surface area contributed by atoms with Crippen LogP contribution in [0.3, 0.4) is 0 Å². The van der Waals surface area contributed by atoms with Crippen molar-refractivity contribution in [1.82, 2.24) is 4.98 Å². The molecule has 0 bridgehead atoms. The first-order chi connectivity index (χ1) is 23.3. The first kappa shape index (κ1) is 40.5. The molecule has 49 heavy (non-hydrogen) atoms. The maximum Gasteiger partial charge on any atom is 0.162 e. The third-order valence-electron chi connectivity index (χ3n) is 10.1. The van der Waals surface area contributed by atoms with Crippen molar-refractivity contribution >= 4 is 48.1 Å². The number of halogens is 1. The summed E-state index contributed by atoms with van der Waals surface area (Å²) in [5.41, 5.74) is 6.00. The molecule has 0 atom stereocenters. The van der Waals surface area contributed by atoms with E-state index in [9.17, 15) is 14.3 Å². The number of rotatable bonds is 14. The van der Waals surface area contributed by atoms with Gasteiger partial charge < -0.3 is 5.11 Å². The normalized spacial score (nSPS) is 11.9. The number of ketones is 1. The standard InChI is InChI=1S/C30H29FNS.C13H24O2.Ir/c1-4-20(5-2)27-18-23(17-22-9-6-7-11-24(22)27)28-30-26(14-16-32-28)25-13-12-21(10-8-15-31)19(3)29(25)33-30;1-5-10(6-2)12(14)9-13(15)11(7-3)8-4;/h6-7,9,11-14,16,18,20H,4-5,8,10,15H2,1-3H3;9-11,14H,5-8H2,1-4H3;/q-1;;/b;12-9-;. The van der Waals surface area contributed by atoms with E-state index < -0.39 is 0 Å². The zero-order valence-corrected chi connectivity index (χ0v) is 33.5. The van der Waals surface area contributed by atoms with Gasteiger partial charge in [-0.25, -0.2) is 0 Å². The van der Waals surface area contributed by atoms with Crippen LogP contribution in [-0.4, -0.2) is 22.5 Å². The second-order valence-corrected chi connectivity index (χ2v) is 13.9. The van der Waals surface area contributed by atoms with Gasteiger partial charge in [-0.3, -0.25) is 14.2 Å². The summed E-state index contributed by atoms with van der Waals surface area (Å²) in [5.74, 6) is 1.07. The Kier molecular flexibility index (Phi) is 16.1. The van der Waals surface area contributed by atoms with E-state index in [0.717, 1.165) is 61.6 Å². The SMILES string of the molecule is CCC(CC)C(=O)/C=C(\O)C(CC)CC.CCC(CC)c1cc(-c2nccc3c2sc2c(C)c(CCCF)ccc23)[c-]c2ccccc12.[Ir]. The smallest absolute Gasteiger partial charge is 0.162 e. The summed E-state index contributed by atoms with van der Waals surface area (Å²) in [6, 6.07) is 21.1. The molecule has 6 heteroatoms. The van der Waals surface area contributed by atoms with Gasteiger partial charge in [-0.05, 0) is 73.9 Å². The van der Waals surface area contributed by atoms with E-state index in [0.29, 0.717) is 12.3 Å². The molecule has 0 aliphatic carbocycles. The number of pyridine rings is 1. The van der Waals surface area contributed by atoms with Gasteiger partial charge in [0.2, 0.25) is 0 Å². The van der Waals surface area contributed by atoms with Crippen LogP contribution in [0.25, 0.3) is 42.2 Å². The number of aliphatic hydroxyl groups excluding tert-OH is 1. The van der Waals surface area contributed by atoms with Crippen molar-refractivity contribution in [2.24, 2.45) is 11.8 Å². The summed E-state index contributed by atoms with van der Waals surface area (Å²) < 4.78 is 15.3. The number of carbonyl (C=O) groups is 1. The first-order valence-corrected chi connectivity index (χ1v) is 18.8. The fourth-order valence-electron chi connectivity index (χ4n) is 6.89. The minimum absolute atomic E-state index is 0. The maximum atomic E-state index is 12.8. The molecule has 0 unspecified atom stereocenters. The number of carbonyl (C=O) groups excluding carboxylic acids is 1. The van der Waals surface area contributed by atoms with E-state index in [1.54, 1.807) is 0 Å². The summed E-state index contributed by atoms with van der Waals surface area (Å²) in [7, 11) is 0. The van der Waals surface area contributed by atoms with Gasteiger partial charge in [0, 0.05) is 64.7 Å². The van der Waals surface area contributed by atoms with Gasteiger partial charge in [0.1, 0.15) is 0 Å². The van der Waals surface area contributed by atoms with Gasteiger partial charge in [-0.15, -0.1) is 40.5 Å². The van der Waals surface area contributed by atoms with E-state index in [-0.39, 0.29) is 50.2 Å². The third-order valence-corrected chi connectivity index (χ3v) is 11.4. The molecule has 5 aromatic rings. The van der Waals surface area contributed by atoms with Crippen LogP contribution < -0.4 is 0 Å². The molecular formula is C43H53FIrNO2S-. The number of benzene rings is 3. The number of aryl methyl sites for hydroxylation is 2. The number of alkyl halides is 1. The van der Waals surface area contributed by atoms with Crippen LogP contribution in [0, 0.1) is 24.8 Å². The van der Waals surface area contributed by atoms with Gasteiger partial charge in [0.05, 0.1) is 12.4 Å². The molecule has 2 heterocycles. The molecule has 1 radical (unpaired) electrons. The molecule has 3 nitrogen and oxygen atoms in total. The van der Waals surface area contributed by atoms with E-state index >= 15 is 0 Å². The van der Waals surface area contributed by atoms with Crippen LogP contribution in [0.1, 0.15) is 109 Å². The molecule has 0 saturated heterocycles. The van der Waals surface area contributed by atoms with E-state index in [1.807, 2.05) is 45.2 Å². The number of aromatic nitrogens is 1. The zero-order chi connectivity index (χ0) is 34.8. The Bertz CT molecular complexity index is 1850. The number of hydrogen-bond acceptors (Lipinski definition) is 4. The Balaban J connectivity index is 0.000000347. The molecule has 0 spiro atoms. The van der Waals surface area contributed by atoms with Crippen molar-refractivity contribution in [2.45, 2.75) is 106 Å². The molecule has 1 N–H and O–H groups in total.